The summed E-state index contributed by atoms with van der Waals surface area (Å²) in [7, 11) is 4.63. The third-order valence-electron chi connectivity index (χ3n) is 5.24. The Bertz CT molecular complexity index is 1010. The number of fused-ring (bicyclic) bond motifs is 1. The number of pyridine rings is 1. The molecule has 0 fully saturated rings. The summed E-state index contributed by atoms with van der Waals surface area (Å²) in [4.78, 5) is 19.3. The molecule has 156 valence electrons. The van der Waals surface area contributed by atoms with Crippen molar-refractivity contribution < 1.29 is 19.0 Å². The van der Waals surface area contributed by atoms with Crippen LogP contribution in [0.2, 0.25) is 0 Å². The average molecular weight is 408 g/mol. The lowest BCUT2D eigenvalue weighted by Gasteiger charge is -2.37. The molecule has 0 spiro atoms. The van der Waals surface area contributed by atoms with E-state index in [-0.39, 0.29) is 12.1 Å². The van der Waals surface area contributed by atoms with Gasteiger partial charge in [-0.25, -0.2) is 4.79 Å². The molecular weight excluding hydrogens is 384 g/mol. The van der Waals surface area contributed by atoms with Gasteiger partial charge in [0.25, 0.3) is 0 Å². The van der Waals surface area contributed by atoms with Gasteiger partial charge in [0.1, 0.15) is 0 Å². The fourth-order valence-corrected chi connectivity index (χ4v) is 3.85. The highest BCUT2D eigenvalue weighted by atomic mass is 16.5. The van der Waals surface area contributed by atoms with Crippen LogP contribution < -0.4 is 19.5 Å². The van der Waals surface area contributed by atoms with Gasteiger partial charge in [-0.2, -0.15) is 0 Å². The molecule has 1 aliphatic rings. The maximum absolute atomic E-state index is 13.3. The summed E-state index contributed by atoms with van der Waals surface area (Å²) in [6.45, 7) is 1.30. The first-order chi connectivity index (χ1) is 14.7. The number of methoxy groups -OCH3 is 3. The first-order valence-corrected chi connectivity index (χ1v) is 9.59. The number of carbonyl (C=O) groups is 1. The van der Waals surface area contributed by atoms with Crippen molar-refractivity contribution in [2.45, 2.75) is 12.6 Å². The number of rotatable bonds is 5. The van der Waals surface area contributed by atoms with Gasteiger partial charge in [0.2, 0.25) is 5.75 Å². The number of aromatic nitrogens is 2. The van der Waals surface area contributed by atoms with Gasteiger partial charge in [-0.05, 0) is 29.8 Å². The van der Waals surface area contributed by atoms with Crippen LogP contribution in [0.25, 0.3) is 0 Å². The largest absolute Gasteiger partial charge is 0.493 e. The molecule has 8 nitrogen and oxygen atoms in total. The molecule has 3 aromatic rings. The highest BCUT2D eigenvalue weighted by Crippen LogP contribution is 2.40. The zero-order chi connectivity index (χ0) is 21.1. The number of anilines is 1. The number of urea groups is 1. The van der Waals surface area contributed by atoms with Crippen molar-refractivity contribution in [3.63, 3.8) is 0 Å². The summed E-state index contributed by atoms with van der Waals surface area (Å²) in [6.07, 6.45) is 5.52. The van der Waals surface area contributed by atoms with Crippen LogP contribution >= 0.6 is 0 Å². The predicted octanol–water partition coefficient (Wildman–Crippen LogP) is 3.55. The lowest BCUT2D eigenvalue weighted by molar-refractivity contribution is 0.182. The van der Waals surface area contributed by atoms with Crippen molar-refractivity contribution in [1.82, 2.24) is 14.5 Å². The average Bonchev–Trinajstić information content (AvgIpc) is 3.27. The van der Waals surface area contributed by atoms with E-state index in [1.165, 1.54) is 0 Å². The van der Waals surface area contributed by atoms with E-state index in [0.29, 0.717) is 29.5 Å². The van der Waals surface area contributed by atoms with Crippen LogP contribution in [0.3, 0.4) is 0 Å². The normalized spacial score (nSPS) is 15.3. The quantitative estimate of drug-likeness (QED) is 0.699. The second-order valence-electron chi connectivity index (χ2n) is 6.85. The van der Waals surface area contributed by atoms with Crippen molar-refractivity contribution in [2.75, 3.05) is 33.2 Å². The van der Waals surface area contributed by atoms with Gasteiger partial charge >= 0.3 is 6.03 Å². The van der Waals surface area contributed by atoms with Crippen LogP contribution in [0.5, 0.6) is 17.2 Å². The van der Waals surface area contributed by atoms with Crippen LogP contribution in [0.4, 0.5) is 10.5 Å². The molecule has 0 aliphatic carbocycles. The Hall–Kier alpha value is -3.68. The monoisotopic (exact) mass is 408 g/mol. The number of benzene rings is 1. The van der Waals surface area contributed by atoms with E-state index >= 15 is 0 Å². The molecule has 0 saturated carbocycles. The Kier molecular flexibility index (Phi) is 5.47. The summed E-state index contributed by atoms with van der Waals surface area (Å²) in [5.41, 5.74) is 2.63. The van der Waals surface area contributed by atoms with Crippen LogP contribution in [0, 0.1) is 0 Å². The van der Waals surface area contributed by atoms with Gasteiger partial charge in [-0.3, -0.25) is 4.98 Å². The predicted molar refractivity (Wildman–Crippen MR) is 112 cm³/mol. The molecule has 1 N–H and O–H groups in total. The number of carbonyl (C=O) groups excluding carboxylic acids is 1. The minimum atomic E-state index is -0.210. The summed E-state index contributed by atoms with van der Waals surface area (Å²) in [6, 6.07) is 10.9. The molecule has 1 unspecified atom stereocenters. The Morgan fingerprint density at radius 3 is 2.37 bits per heavy atom. The summed E-state index contributed by atoms with van der Waals surface area (Å²) >= 11 is 0. The molecule has 2 aromatic heterocycles. The van der Waals surface area contributed by atoms with Crippen LogP contribution in [-0.4, -0.2) is 48.4 Å². The van der Waals surface area contributed by atoms with E-state index in [2.05, 4.69) is 14.9 Å². The van der Waals surface area contributed by atoms with Gasteiger partial charge in [0, 0.05) is 49.5 Å². The first-order valence-electron chi connectivity index (χ1n) is 9.59. The molecule has 0 radical (unpaired) electrons. The number of hydrogen-bond acceptors (Lipinski definition) is 5. The molecule has 0 bridgehead atoms. The molecule has 2 amide bonds. The molecule has 1 aromatic carbocycles. The van der Waals surface area contributed by atoms with E-state index in [4.69, 9.17) is 14.2 Å². The molecule has 3 heterocycles. The number of hydrogen-bond donors (Lipinski definition) is 1. The fourth-order valence-electron chi connectivity index (χ4n) is 3.85. The number of nitrogens with one attached hydrogen (secondary N) is 1. The van der Waals surface area contributed by atoms with Gasteiger partial charge in [-0.1, -0.05) is 0 Å². The van der Waals surface area contributed by atoms with Crippen molar-refractivity contribution in [1.29, 1.82) is 0 Å². The van der Waals surface area contributed by atoms with Crippen molar-refractivity contribution >= 4 is 11.7 Å². The summed E-state index contributed by atoms with van der Waals surface area (Å²) in [5, 5.41) is 2.98. The topological polar surface area (TPSA) is 77.9 Å². The number of nitrogens with zero attached hydrogens (tertiary/aromatic N) is 3. The Morgan fingerprint density at radius 1 is 1.03 bits per heavy atom. The van der Waals surface area contributed by atoms with Gasteiger partial charge in [0.15, 0.2) is 11.5 Å². The standard InChI is InChI=1S/C22H24N4O4/c1-28-18-13-16(14-19(29-2)21(18)30-3)24-22(27)26-12-11-25-10-4-5-17(25)20(26)15-6-8-23-9-7-15/h4-10,13-14,20H,11-12H2,1-3H3,(H,24,27). The SMILES string of the molecule is COc1cc(NC(=O)N2CCn3cccc3C2c2ccncc2)cc(OC)c1OC. The number of amides is 2. The lowest BCUT2D eigenvalue weighted by atomic mass is 10.0. The summed E-state index contributed by atoms with van der Waals surface area (Å²) < 4.78 is 18.3. The molecule has 1 atom stereocenters. The first kappa shape index (κ1) is 19.6. The minimum Gasteiger partial charge on any atom is -0.493 e. The number of ether oxygens (including phenoxy) is 3. The highest BCUT2D eigenvalue weighted by Gasteiger charge is 2.32. The Balaban J connectivity index is 1.66. The van der Waals surface area contributed by atoms with Crippen molar-refractivity contribution in [3.8, 4) is 17.2 Å². The van der Waals surface area contributed by atoms with E-state index in [1.807, 2.05) is 35.4 Å². The van der Waals surface area contributed by atoms with E-state index < -0.39 is 0 Å². The molecule has 4 rings (SSSR count). The fraction of sp³-hybridized carbons (Fsp3) is 0.273. The van der Waals surface area contributed by atoms with Gasteiger partial charge in [0.05, 0.1) is 33.1 Å². The molecule has 1 aliphatic heterocycles. The Labute approximate surface area is 175 Å². The second-order valence-corrected chi connectivity index (χ2v) is 6.85. The maximum Gasteiger partial charge on any atom is 0.322 e. The molecule has 30 heavy (non-hydrogen) atoms. The van der Waals surface area contributed by atoms with E-state index in [0.717, 1.165) is 17.8 Å². The van der Waals surface area contributed by atoms with Crippen molar-refractivity contribution in [2.24, 2.45) is 0 Å². The van der Waals surface area contributed by atoms with Gasteiger partial charge in [-0.15, -0.1) is 0 Å². The van der Waals surface area contributed by atoms with E-state index in [1.54, 1.807) is 45.9 Å². The third-order valence-corrected chi connectivity index (χ3v) is 5.24. The lowest BCUT2D eigenvalue weighted by Crippen LogP contribution is -2.44. The maximum atomic E-state index is 13.3. The zero-order valence-electron chi connectivity index (χ0n) is 17.2. The van der Waals surface area contributed by atoms with Gasteiger partial charge < -0.3 is 29.0 Å². The highest BCUT2D eigenvalue weighted by molar-refractivity contribution is 5.91. The summed E-state index contributed by atoms with van der Waals surface area (Å²) in [5.74, 6) is 1.43. The zero-order valence-corrected chi connectivity index (χ0v) is 17.2. The molecule has 8 heteroatoms. The Morgan fingerprint density at radius 2 is 1.73 bits per heavy atom. The van der Waals surface area contributed by atoms with E-state index in [9.17, 15) is 4.79 Å². The minimum absolute atomic E-state index is 0.209. The molecule has 0 saturated heterocycles. The second kappa shape index (κ2) is 8.36. The third kappa shape index (κ3) is 3.52. The van der Waals surface area contributed by atoms with Crippen molar-refractivity contribution in [3.05, 3.63) is 66.2 Å². The van der Waals surface area contributed by atoms with Crippen LogP contribution in [0.1, 0.15) is 17.3 Å². The smallest absolute Gasteiger partial charge is 0.322 e. The molecular formula is C22H24N4O4. The van der Waals surface area contributed by atoms with Crippen LogP contribution in [-0.2, 0) is 6.54 Å². The van der Waals surface area contributed by atoms with Crippen LogP contribution in [0.15, 0.2) is 55.0 Å².